The van der Waals surface area contributed by atoms with Gasteiger partial charge >= 0.3 is 0 Å². The first-order valence-corrected chi connectivity index (χ1v) is 9.03. The maximum atomic E-state index is 13.2. The van der Waals surface area contributed by atoms with Crippen molar-refractivity contribution in [2.24, 2.45) is 17.6 Å². The number of carbonyl (C=O) groups is 1. The summed E-state index contributed by atoms with van der Waals surface area (Å²) < 4.78 is 6.10. The van der Waals surface area contributed by atoms with Crippen molar-refractivity contribution in [3.05, 3.63) is 66.2 Å². The molecule has 0 radical (unpaired) electrons. The fraction of sp³-hybridized carbons (Fsp3) is 0.381. The van der Waals surface area contributed by atoms with Gasteiger partial charge in [-0.2, -0.15) is 0 Å². The lowest BCUT2D eigenvalue weighted by molar-refractivity contribution is -0.138. The molecule has 1 aliphatic carbocycles. The van der Waals surface area contributed by atoms with Crippen molar-refractivity contribution in [1.29, 1.82) is 0 Å². The Labute approximate surface area is 148 Å². The monoisotopic (exact) mass is 336 g/mol. The summed E-state index contributed by atoms with van der Waals surface area (Å²) >= 11 is 0. The van der Waals surface area contributed by atoms with Crippen molar-refractivity contribution < 1.29 is 9.53 Å². The lowest BCUT2D eigenvalue weighted by atomic mass is 9.98. The molecule has 1 saturated carbocycles. The summed E-state index contributed by atoms with van der Waals surface area (Å²) in [7, 11) is 0. The molecular weight excluding hydrogens is 312 g/mol. The van der Waals surface area contributed by atoms with Crippen LogP contribution in [0.25, 0.3) is 0 Å². The highest BCUT2D eigenvalue weighted by atomic mass is 16.5. The van der Waals surface area contributed by atoms with E-state index < -0.39 is 6.10 Å². The maximum absolute atomic E-state index is 13.2. The quantitative estimate of drug-likeness (QED) is 0.934. The molecule has 1 saturated heterocycles. The van der Waals surface area contributed by atoms with E-state index in [0.29, 0.717) is 17.6 Å². The molecule has 2 aliphatic rings. The van der Waals surface area contributed by atoms with E-state index in [2.05, 4.69) is 0 Å². The molecule has 4 rings (SSSR count). The summed E-state index contributed by atoms with van der Waals surface area (Å²) in [6.45, 7) is 1.56. The minimum absolute atomic E-state index is 0.0386. The molecule has 1 heterocycles. The molecule has 4 nitrogen and oxygen atoms in total. The van der Waals surface area contributed by atoms with Crippen molar-refractivity contribution >= 4 is 5.91 Å². The number of ether oxygens (including phenoxy) is 1. The van der Waals surface area contributed by atoms with E-state index in [0.717, 1.165) is 31.5 Å². The van der Waals surface area contributed by atoms with Crippen molar-refractivity contribution in [2.45, 2.75) is 25.0 Å². The first-order valence-electron chi connectivity index (χ1n) is 9.03. The number of likely N-dealkylation sites (tertiary alicyclic amines) is 1. The van der Waals surface area contributed by atoms with Crippen LogP contribution in [0, 0.1) is 11.8 Å². The molecule has 2 aromatic carbocycles. The van der Waals surface area contributed by atoms with Crippen molar-refractivity contribution in [2.75, 3.05) is 13.1 Å². The smallest absolute Gasteiger partial charge is 0.268 e. The zero-order chi connectivity index (χ0) is 17.2. The van der Waals surface area contributed by atoms with Gasteiger partial charge in [-0.25, -0.2) is 0 Å². The Morgan fingerprint density at radius 1 is 1.00 bits per heavy atom. The van der Waals surface area contributed by atoms with E-state index >= 15 is 0 Å². The highest BCUT2D eigenvalue weighted by molar-refractivity contribution is 5.83. The third-order valence-corrected chi connectivity index (χ3v) is 5.55. The zero-order valence-electron chi connectivity index (χ0n) is 14.3. The van der Waals surface area contributed by atoms with Gasteiger partial charge in [-0.3, -0.25) is 4.79 Å². The van der Waals surface area contributed by atoms with E-state index in [4.69, 9.17) is 10.5 Å². The van der Waals surface area contributed by atoms with Crippen molar-refractivity contribution in [1.82, 2.24) is 4.90 Å². The van der Waals surface area contributed by atoms with Crippen LogP contribution in [0.15, 0.2) is 60.7 Å². The fourth-order valence-electron chi connectivity index (χ4n) is 4.18. The fourth-order valence-corrected chi connectivity index (χ4v) is 4.18. The predicted molar refractivity (Wildman–Crippen MR) is 97.0 cm³/mol. The summed E-state index contributed by atoms with van der Waals surface area (Å²) in [5, 5.41) is 0. The molecule has 4 heteroatoms. The zero-order valence-corrected chi connectivity index (χ0v) is 14.3. The number of carbonyl (C=O) groups excluding carboxylic acids is 1. The largest absolute Gasteiger partial charge is 0.476 e. The number of para-hydroxylation sites is 1. The Bertz CT molecular complexity index is 719. The number of benzene rings is 2. The SMILES string of the molecule is NC1CCC2CN(C(=O)C(Oc3ccccc3)c3ccccc3)CC12. The van der Waals surface area contributed by atoms with Crippen LogP contribution in [0.1, 0.15) is 24.5 Å². The van der Waals surface area contributed by atoms with E-state index in [9.17, 15) is 4.79 Å². The van der Waals surface area contributed by atoms with E-state index in [1.807, 2.05) is 65.6 Å². The molecule has 1 aliphatic heterocycles. The van der Waals surface area contributed by atoms with Crippen LogP contribution < -0.4 is 10.5 Å². The molecular formula is C21H24N2O2. The summed E-state index contributed by atoms with van der Waals surface area (Å²) in [5.41, 5.74) is 7.11. The van der Waals surface area contributed by atoms with Crippen LogP contribution in [0.5, 0.6) is 5.75 Å². The summed E-state index contributed by atoms with van der Waals surface area (Å²) in [6, 6.07) is 19.5. The van der Waals surface area contributed by atoms with Crippen LogP contribution in [0.4, 0.5) is 0 Å². The summed E-state index contributed by atoms with van der Waals surface area (Å²) in [4.78, 5) is 15.2. The van der Waals surface area contributed by atoms with Gasteiger partial charge in [0, 0.05) is 24.7 Å². The molecule has 0 aromatic heterocycles. The van der Waals surface area contributed by atoms with Crippen molar-refractivity contribution in [3.63, 3.8) is 0 Å². The molecule has 4 unspecified atom stereocenters. The molecule has 2 fully saturated rings. The van der Waals surface area contributed by atoms with Gasteiger partial charge in [0.1, 0.15) is 5.75 Å². The average Bonchev–Trinajstić information content (AvgIpc) is 3.23. The van der Waals surface area contributed by atoms with E-state index in [-0.39, 0.29) is 11.9 Å². The van der Waals surface area contributed by atoms with Crippen LogP contribution in [0.3, 0.4) is 0 Å². The lowest BCUT2D eigenvalue weighted by Crippen LogP contribution is -2.38. The number of fused-ring (bicyclic) bond motifs is 1. The van der Waals surface area contributed by atoms with Gasteiger partial charge < -0.3 is 15.4 Å². The molecule has 4 atom stereocenters. The summed E-state index contributed by atoms with van der Waals surface area (Å²) in [6.07, 6.45) is 1.60. The van der Waals surface area contributed by atoms with Crippen molar-refractivity contribution in [3.8, 4) is 5.75 Å². The highest BCUT2D eigenvalue weighted by Crippen LogP contribution is 2.38. The minimum atomic E-state index is -0.612. The molecule has 0 bridgehead atoms. The number of hydrogen-bond donors (Lipinski definition) is 1. The maximum Gasteiger partial charge on any atom is 0.268 e. The first kappa shape index (κ1) is 16.2. The predicted octanol–water partition coefficient (Wildman–Crippen LogP) is 3.00. The number of amides is 1. The Kier molecular flexibility index (Phi) is 4.45. The second kappa shape index (κ2) is 6.89. The number of rotatable bonds is 4. The lowest BCUT2D eigenvalue weighted by Gasteiger charge is -2.25. The van der Waals surface area contributed by atoms with E-state index in [1.54, 1.807) is 0 Å². The third-order valence-electron chi connectivity index (χ3n) is 5.55. The minimum Gasteiger partial charge on any atom is -0.476 e. The number of nitrogens with two attached hydrogens (primary N) is 1. The molecule has 0 spiro atoms. The Morgan fingerprint density at radius 2 is 1.68 bits per heavy atom. The Morgan fingerprint density at radius 3 is 2.36 bits per heavy atom. The average molecular weight is 336 g/mol. The van der Waals surface area contributed by atoms with Gasteiger partial charge in [-0.15, -0.1) is 0 Å². The number of hydrogen-bond acceptors (Lipinski definition) is 3. The van der Waals surface area contributed by atoms with Gasteiger partial charge in [0.15, 0.2) is 0 Å². The second-order valence-corrected chi connectivity index (χ2v) is 7.13. The van der Waals surface area contributed by atoms with Crippen LogP contribution in [0.2, 0.25) is 0 Å². The van der Waals surface area contributed by atoms with Crippen LogP contribution in [-0.2, 0) is 4.79 Å². The normalized spacial score (nSPS) is 26.3. The van der Waals surface area contributed by atoms with Crippen LogP contribution in [-0.4, -0.2) is 29.9 Å². The highest BCUT2D eigenvalue weighted by Gasteiger charge is 2.44. The first-order chi connectivity index (χ1) is 12.2. The topological polar surface area (TPSA) is 55.6 Å². The van der Waals surface area contributed by atoms with Gasteiger partial charge in [0.25, 0.3) is 5.91 Å². The molecule has 25 heavy (non-hydrogen) atoms. The second-order valence-electron chi connectivity index (χ2n) is 7.13. The van der Waals surface area contributed by atoms with Gasteiger partial charge in [-0.1, -0.05) is 48.5 Å². The number of nitrogens with zero attached hydrogens (tertiary/aromatic N) is 1. The molecule has 2 N–H and O–H groups in total. The van der Waals surface area contributed by atoms with Crippen LogP contribution >= 0.6 is 0 Å². The molecule has 2 aromatic rings. The Hall–Kier alpha value is -2.33. The Balaban J connectivity index is 1.56. The van der Waals surface area contributed by atoms with Gasteiger partial charge in [0.05, 0.1) is 0 Å². The molecule has 1 amide bonds. The molecule has 130 valence electrons. The van der Waals surface area contributed by atoms with Gasteiger partial charge in [0.2, 0.25) is 6.10 Å². The summed E-state index contributed by atoms with van der Waals surface area (Å²) in [5.74, 6) is 1.74. The third kappa shape index (κ3) is 3.27. The standard InChI is InChI=1S/C21H24N2O2/c22-19-12-11-16-13-23(14-18(16)19)21(24)20(15-7-3-1-4-8-15)25-17-9-5-2-6-10-17/h1-10,16,18-20H,11-14,22H2. The van der Waals surface area contributed by atoms with E-state index in [1.165, 1.54) is 0 Å². The van der Waals surface area contributed by atoms with Gasteiger partial charge in [-0.05, 0) is 36.8 Å².